The first-order chi connectivity index (χ1) is 21.7. The predicted molar refractivity (Wildman–Crippen MR) is 152 cm³/mol. The molecule has 1 N–H and O–H groups in total. The monoisotopic (exact) mass is 695 g/mol. The number of aliphatic carboxylic acids is 1. The van der Waals surface area contributed by atoms with Gasteiger partial charge in [0.05, 0.1) is 16.9 Å². The maximum absolute atomic E-state index is 15.1. The summed E-state index contributed by atoms with van der Waals surface area (Å²) < 4.78 is 138. The number of benzene rings is 2. The summed E-state index contributed by atoms with van der Waals surface area (Å²) in [6.07, 6.45) is -12.6. The van der Waals surface area contributed by atoms with Crippen molar-refractivity contribution in [1.82, 2.24) is 4.90 Å². The number of halogens is 8. The smallest absolute Gasteiger partial charge is 0.435 e. The van der Waals surface area contributed by atoms with Crippen LogP contribution in [0.2, 0.25) is 0 Å². The molecule has 5 atom stereocenters. The fourth-order valence-electron chi connectivity index (χ4n) is 8.23. The van der Waals surface area contributed by atoms with Crippen LogP contribution in [0.25, 0.3) is 0 Å². The summed E-state index contributed by atoms with van der Waals surface area (Å²) in [5.41, 5.74) is -8.98. The van der Waals surface area contributed by atoms with Crippen LogP contribution in [-0.4, -0.2) is 55.2 Å². The number of carbonyl (C=O) groups excluding carboxylic acids is 1. The van der Waals surface area contributed by atoms with Crippen molar-refractivity contribution in [1.29, 1.82) is 0 Å². The minimum Gasteiger partial charge on any atom is -0.481 e. The Hall–Kier alpha value is -3.23. The Morgan fingerprint density at radius 3 is 2.19 bits per heavy atom. The van der Waals surface area contributed by atoms with Crippen molar-refractivity contribution in [2.45, 2.75) is 92.5 Å². The first kappa shape index (κ1) is 35.1. The molecule has 2 aliphatic carbocycles. The number of carboxylic acid groups (broad SMARTS) is 1. The topological polar surface area (TPSA) is 91.8 Å². The zero-order valence-electron chi connectivity index (χ0n) is 25.4. The molecule has 15 heteroatoms. The number of likely N-dealkylation sites (tertiary alicyclic amines) is 1. The van der Waals surface area contributed by atoms with Crippen molar-refractivity contribution in [3.63, 3.8) is 0 Å². The van der Waals surface area contributed by atoms with Crippen LogP contribution in [0.3, 0.4) is 0 Å². The summed E-state index contributed by atoms with van der Waals surface area (Å²) in [5.74, 6) is -3.40. The highest BCUT2D eigenvalue weighted by Crippen LogP contribution is 2.58. The van der Waals surface area contributed by atoms with E-state index in [2.05, 4.69) is 0 Å². The van der Waals surface area contributed by atoms with Gasteiger partial charge in [0.1, 0.15) is 10.6 Å². The lowest BCUT2D eigenvalue weighted by atomic mass is 9.63. The molecule has 1 saturated heterocycles. The van der Waals surface area contributed by atoms with E-state index in [4.69, 9.17) is 0 Å². The van der Waals surface area contributed by atoms with E-state index in [-0.39, 0.29) is 68.2 Å². The molecule has 6 nitrogen and oxygen atoms in total. The highest BCUT2D eigenvalue weighted by atomic mass is 32.2. The lowest BCUT2D eigenvalue weighted by molar-refractivity contribution is -0.348. The van der Waals surface area contributed by atoms with Gasteiger partial charge in [-0.2, -0.15) is 26.3 Å². The third-order valence-corrected chi connectivity index (χ3v) is 13.2. The van der Waals surface area contributed by atoms with E-state index >= 15 is 4.39 Å². The fourth-order valence-corrected chi connectivity index (χ4v) is 10.6. The highest BCUT2D eigenvalue weighted by Gasteiger charge is 2.74. The van der Waals surface area contributed by atoms with E-state index in [1.807, 2.05) is 0 Å². The Labute approximate surface area is 266 Å². The Morgan fingerprint density at radius 1 is 0.979 bits per heavy atom. The lowest BCUT2D eigenvalue weighted by Gasteiger charge is -2.47. The standard InChI is InChI=1S/C32H33F8NO5S/c1-3-28(12-11-23(26(42)43)18(2)17-28)27(44)41-14-13-29(47(45,46)22-6-4-5-21(33)16-22)24-9-8-20(15-19(24)7-10-25(29)41)30(34,31(35,36)37)32(38,39)40/h4-6,8-9,15-16,18,23,25H,3,7,10-14,17H2,1-2H3,(H,42,43)/t18-,23+,25?,28?,29?/m1/s1. The molecule has 1 saturated carbocycles. The van der Waals surface area contributed by atoms with E-state index < -0.39 is 78.1 Å². The van der Waals surface area contributed by atoms with E-state index in [0.717, 1.165) is 30.3 Å². The molecule has 258 valence electrons. The van der Waals surface area contributed by atoms with Crippen molar-refractivity contribution < 1.29 is 58.2 Å². The van der Waals surface area contributed by atoms with Crippen molar-refractivity contribution in [3.8, 4) is 0 Å². The fraction of sp³-hybridized carbons (Fsp3) is 0.562. The normalized spacial score (nSPS) is 28.5. The van der Waals surface area contributed by atoms with Gasteiger partial charge in [-0.15, -0.1) is 0 Å². The van der Waals surface area contributed by atoms with E-state index in [1.165, 1.54) is 4.90 Å². The zero-order chi connectivity index (χ0) is 35.0. The van der Waals surface area contributed by atoms with Gasteiger partial charge in [-0.3, -0.25) is 9.59 Å². The summed E-state index contributed by atoms with van der Waals surface area (Å²) in [5, 5.41) is 9.62. The maximum atomic E-state index is 15.1. The number of amides is 1. The average Bonchev–Trinajstić information content (AvgIpc) is 3.40. The molecule has 2 aromatic rings. The number of fused-ring (bicyclic) bond motifs is 3. The van der Waals surface area contributed by atoms with Crippen LogP contribution in [0.15, 0.2) is 47.4 Å². The van der Waals surface area contributed by atoms with Gasteiger partial charge in [0.25, 0.3) is 0 Å². The largest absolute Gasteiger partial charge is 0.481 e. The van der Waals surface area contributed by atoms with Gasteiger partial charge in [0, 0.05) is 17.5 Å². The molecule has 1 heterocycles. The van der Waals surface area contributed by atoms with Crippen LogP contribution < -0.4 is 0 Å². The molecule has 3 aliphatic rings. The number of carbonyl (C=O) groups is 2. The van der Waals surface area contributed by atoms with Crippen LogP contribution in [0.4, 0.5) is 35.1 Å². The molecule has 3 unspecified atom stereocenters. The molecule has 0 bridgehead atoms. The van der Waals surface area contributed by atoms with Crippen LogP contribution in [-0.2, 0) is 36.3 Å². The number of alkyl halides is 7. The van der Waals surface area contributed by atoms with E-state index in [0.29, 0.717) is 12.5 Å². The van der Waals surface area contributed by atoms with E-state index in [1.54, 1.807) is 13.8 Å². The second-order valence-corrected chi connectivity index (χ2v) is 15.2. The SMILES string of the molecule is CCC1(C(=O)N2CCC3(S(=O)(=O)c4cccc(F)c4)c4ccc(C(F)(C(F)(F)F)C(F)(F)F)cc4CCC23)CC[C@H](C(=O)O)[C@H](C)C1. The average molecular weight is 696 g/mol. The number of hydrogen-bond donors (Lipinski definition) is 1. The molecule has 2 fully saturated rings. The van der Waals surface area contributed by atoms with Gasteiger partial charge in [-0.25, -0.2) is 17.2 Å². The van der Waals surface area contributed by atoms with Crippen LogP contribution in [0.5, 0.6) is 0 Å². The zero-order valence-corrected chi connectivity index (χ0v) is 26.2. The molecular weight excluding hydrogens is 662 g/mol. The quantitative estimate of drug-likeness (QED) is 0.322. The third-order valence-electron chi connectivity index (χ3n) is 10.7. The Bertz CT molecular complexity index is 1680. The van der Waals surface area contributed by atoms with Gasteiger partial charge in [0.15, 0.2) is 9.84 Å². The molecular formula is C32H33F8NO5S. The molecule has 2 aromatic carbocycles. The Kier molecular flexibility index (Phi) is 8.54. The molecule has 1 amide bonds. The van der Waals surface area contributed by atoms with Crippen molar-refractivity contribution in [3.05, 3.63) is 65.0 Å². The van der Waals surface area contributed by atoms with Crippen molar-refractivity contribution in [2.24, 2.45) is 17.3 Å². The minimum absolute atomic E-state index is 0.157. The Balaban J connectivity index is 1.67. The summed E-state index contributed by atoms with van der Waals surface area (Å²) in [4.78, 5) is 27.1. The van der Waals surface area contributed by atoms with Crippen molar-refractivity contribution >= 4 is 21.7 Å². The van der Waals surface area contributed by atoms with E-state index in [9.17, 15) is 53.8 Å². The number of aryl methyl sites for hydroxylation is 1. The number of sulfone groups is 1. The summed E-state index contributed by atoms with van der Waals surface area (Å²) in [6.45, 7) is 3.33. The van der Waals surface area contributed by atoms with Crippen LogP contribution in [0, 0.1) is 23.1 Å². The molecule has 0 spiro atoms. The number of nitrogens with zero attached hydrogens (tertiary/aromatic N) is 1. The summed E-state index contributed by atoms with van der Waals surface area (Å²) >= 11 is 0. The van der Waals surface area contributed by atoms with Gasteiger partial charge in [-0.05, 0) is 80.2 Å². The summed E-state index contributed by atoms with van der Waals surface area (Å²) in [6, 6.07) is 4.25. The van der Waals surface area contributed by atoms with Crippen LogP contribution in [0.1, 0.15) is 69.1 Å². The lowest BCUT2D eigenvalue weighted by Crippen LogP contribution is -2.56. The number of carboxylic acids is 1. The number of hydrogen-bond acceptors (Lipinski definition) is 4. The van der Waals surface area contributed by atoms with Gasteiger partial charge >= 0.3 is 24.0 Å². The first-order valence-corrected chi connectivity index (χ1v) is 16.7. The van der Waals surface area contributed by atoms with Crippen LogP contribution >= 0.6 is 0 Å². The second kappa shape index (κ2) is 11.4. The Morgan fingerprint density at radius 2 is 1.64 bits per heavy atom. The first-order valence-electron chi connectivity index (χ1n) is 15.2. The third kappa shape index (κ3) is 5.13. The van der Waals surface area contributed by atoms with Crippen molar-refractivity contribution in [2.75, 3.05) is 6.54 Å². The molecule has 1 aliphatic heterocycles. The van der Waals surface area contributed by atoms with Gasteiger partial charge in [-0.1, -0.05) is 38.1 Å². The second-order valence-electron chi connectivity index (χ2n) is 13.0. The van der Waals surface area contributed by atoms with Gasteiger partial charge < -0.3 is 10.0 Å². The predicted octanol–water partition coefficient (Wildman–Crippen LogP) is 7.25. The molecule has 0 aromatic heterocycles. The maximum Gasteiger partial charge on any atom is 0.435 e. The summed E-state index contributed by atoms with van der Waals surface area (Å²) in [7, 11) is -4.71. The number of rotatable bonds is 6. The molecule has 5 rings (SSSR count). The molecule has 0 radical (unpaired) electrons. The molecule has 47 heavy (non-hydrogen) atoms. The highest BCUT2D eigenvalue weighted by molar-refractivity contribution is 7.92. The van der Waals surface area contributed by atoms with Gasteiger partial charge in [0.2, 0.25) is 5.91 Å². The minimum atomic E-state index is -6.39.